The molecule has 15 heteroatoms. The molecule has 0 aliphatic carbocycles. The van der Waals surface area contributed by atoms with Gasteiger partial charge in [0.2, 0.25) is 17.7 Å². The minimum Gasteiger partial charge on any atom is -0.480 e. The molecule has 1 aliphatic heterocycles. The highest BCUT2D eigenvalue weighted by Gasteiger charge is 2.37. The molecule has 194 valence electrons. The number of likely N-dealkylation sites (tertiary alicyclic amines) is 1. The van der Waals surface area contributed by atoms with E-state index in [9.17, 15) is 24.3 Å². The summed E-state index contributed by atoms with van der Waals surface area (Å²) in [7, 11) is 0. The van der Waals surface area contributed by atoms with Crippen molar-refractivity contribution in [2.75, 3.05) is 18.8 Å². The molecule has 35 heavy (non-hydrogen) atoms. The van der Waals surface area contributed by atoms with E-state index in [1.54, 1.807) is 6.20 Å². The summed E-state index contributed by atoms with van der Waals surface area (Å²) in [6.07, 6.45) is 4.73. The van der Waals surface area contributed by atoms with Gasteiger partial charge in [-0.1, -0.05) is 0 Å². The predicted octanol–water partition coefficient (Wildman–Crippen LogP) is -2.69. The average Bonchev–Trinajstić information content (AvgIpc) is 3.50. The van der Waals surface area contributed by atoms with Gasteiger partial charge in [-0.25, -0.2) is 9.78 Å². The Labute approximate surface area is 207 Å². The number of imidazole rings is 1. The third kappa shape index (κ3) is 8.43. The van der Waals surface area contributed by atoms with Gasteiger partial charge in [-0.05, 0) is 25.7 Å². The molecule has 0 radical (unpaired) electrons. The number of nitrogens with one attached hydrogen (secondary N) is 3. The summed E-state index contributed by atoms with van der Waals surface area (Å²) in [6, 6.07) is -3.94. The lowest BCUT2D eigenvalue weighted by molar-refractivity contribution is -0.143. The minimum atomic E-state index is -1.23. The third-order valence-electron chi connectivity index (χ3n) is 5.53. The number of carbonyl (C=O) groups is 4. The monoisotopic (exact) mass is 511 g/mol. The van der Waals surface area contributed by atoms with E-state index in [0.717, 1.165) is 0 Å². The highest BCUT2D eigenvalue weighted by atomic mass is 32.1. The van der Waals surface area contributed by atoms with Crippen molar-refractivity contribution in [3.63, 3.8) is 0 Å². The van der Waals surface area contributed by atoms with Crippen molar-refractivity contribution in [3.8, 4) is 0 Å². The number of aromatic amines is 1. The van der Waals surface area contributed by atoms with Crippen LogP contribution in [0.15, 0.2) is 17.5 Å². The standard InChI is InChI=1S/C20H33N9O5S/c21-12(7-11-8-24-10-26-11)18(32)29-6-2-4-15(29)17(31)28-14(9-35)16(30)27-13(19(33)34)3-1-5-25-20(22)23/h8,10,12-15,35H,1-7,9,21H2,(H,24,26)(H,27,30)(H,28,31)(H,33,34)(H4,22,23,25). The van der Waals surface area contributed by atoms with Crippen molar-refractivity contribution in [3.05, 3.63) is 18.2 Å². The number of nitrogens with zero attached hydrogens (tertiary/aromatic N) is 3. The molecule has 2 rings (SSSR count). The molecular formula is C20H33N9O5S. The van der Waals surface area contributed by atoms with Crippen LogP contribution < -0.4 is 27.8 Å². The maximum atomic E-state index is 12.9. The molecule has 0 saturated carbocycles. The van der Waals surface area contributed by atoms with Crippen molar-refractivity contribution in [1.82, 2.24) is 25.5 Å². The largest absolute Gasteiger partial charge is 0.480 e. The summed E-state index contributed by atoms with van der Waals surface area (Å²) in [6.45, 7) is 0.574. The molecule has 1 aromatic heterocycles. The number of thiol groups is 1. The van der Waals surface area contributed by atoms with E-state index in [1.807, 2.05) is 0 Å². The van der Waals surface area contributed by atoms with Crippen LogP contribution in [0.4, 0.5) is 0 Å². The Bertz CT molecular complexity index is 907. The fourth-order valence-corrected chi connectivity index (χ4v) is 3.99. The highest BCUT2D eigenvalue weighted by Crippen LogP contribution is 2.19. The number of carboxylic acids is 1. The number of H-pyrrole nitrogens is 1. The van der Waals surface area contributed by atoms with E-state index in [-0.39, 0.29) is 37.0 Å². The molecule has 0 aromatic carbocycles. The normalized spacial score (nSPS) is 17.8. The van der Waals surface area contributed by atoms with Crippen molar-refractivity contribution in [1.29, 1.82) is 0 Å². The Morgan fingerprint density at radius 2 is 2.03 bits per heavy atom. The van der Waals surface area contributed by atoms with Crippen LogP contribution in [-0.2, 0) is 25.6 Å². The highest BCUT2D eigenvalue weighted by molar-refractivity contribution is 7.80. The molecule has 10 N–H and O–H groups in total. The number of aromatic nitrogens is 2. The minimum absolute atomic E-state index is 0.0715. The number of aliphatic imine (C=N–C) groups is 1. The van der Waals surface area contributed by atoms with Crippen molar-refractivity contribution >= 4 is 42.3 Å². The molecule has 4 unspecified atom stereocenters. The van der Waals surface area contributed by atoms with Crippen LogP contribution in [0.25, 0.3) is 0 Å². The quantitative estimate of drug-likeness (QED) is 0.0594. The molecule has 4 atom stereocenters. The van der Waals surface area contributed by atoms with Crippen LogP contribution in [0, 0.1) is 0 Å². The average molecular weight is 512 g/mol. The second-order valence-corrected chi connectivity index (χ2v) is 8.53. The van der Waals surface area contributed by atoms with E-state index in [2.05, 4.69) is 38.2 Å². The second kappa shape index (κ2) is 13.5. The van der Waals surface area contributed by atoms with Gasteiger partial charge in [-0.3, -0.25) is 19.4 Å². The van der Waals surface area contributed by atoms with E-state index in [1.165, 1.54) is 11.2 Å². The number of hydrogen-bond donors (Lipinski definition) is 8. The Balaban J connectivity index is 1.95. The van der Waals surface area contributed by atoms with Crippen LogP contribution in [0.5, 0.6) is 0 Å². The SMILES string of the molecule is NC(N)=NCCCC(NC(=O)C(CS)NC(=O)C1CCCN1C(=O)C(N)Cc1cnc[nH]1)C(=O)O. The van der Waals surface area contributed by atoms with Crippen molar-refractivity contribution < 1.29 is 24.3 Å². The van der Waals surface area contributed by atoms with Gasteiger partial charge in [0.15, 0.2) is 5.96 Å². The zero-order valence-electron chi connectivity index (χ0n) is 19.2. The van der Waals surface area contributed by atoms with E-state index in [0.29, 0.717) is 31.5 Å². The van der Waals surface area contributed by atoms with Gasteiger partial charge < -0.3 is 42.8 Å². The molecule has 1 aliphatic rings. The van der Waals surface area contributed by atoms with Crippen LogP contribution in [0.3, 0.4) is 0 Å². The van der Waals surface area contributed by atoms with E-state index < -0.39 is 42.0 Å². The number of carbonyl (C=O) groups excluding carboxylic acids is 3. The van der Waals surface area contributed by atoms with Gasteiger partial charge in [0.05, 0.1) is 12.4 Å². The Hall–Kier alpha value is -3.33. The maximum Gasteiger partial charge on any atom is 0.326 e. The number of rotatable bonds is 13. The van der Waals surface area contributed by atoms with Gasteiger partial charge in [-0.2, -0.15) is 12.6 Å². The third-order valence-corrected chi connectivity index (χ3v) is 5.89. The maximum absolute atomic E-state index is 12.9. The summed E-state index contributed by atoms with van der Waals surface area (Å²) in [5.74, 6) is -3.02. The topological polar surface area (TPSA) is 235 Å². The molecular weight excluding hydrogens is 478 g/mol. The van der Waals surface area contributed by atoms with Gasteiger partial charge in [0.25, 0.3) is 0 Å². The van der Waals surface area contributed by atoms with Gasteiger partial charge in [0.1, 0.15) is 18.1 Å². The molecule has 1 aromatic rings. The fraction of sp³-hybridized carbons (Fsp3) is 0.600. The fourth-order valence-electron chi connectivity index (χ4n) is 3.73. The summed E-state index contributed by atoms with van der Waals surface area (Å²) < 4.78 is 0. The second-order valence-electron chi connectivity index (χ2n) is 8.17. The molecule has 3 amide bonds. The van der Waals surface area contributed by atoms with Crippen LogP contribution in [0.2, 0.25) is 0 Å². The zero-order valence-corrected chi connectivity index (χ0v) is 20.1. The van der Waals surface area contributed by atoms with Crippen LogP contribution >= 0.6 is 12.6 Å². The first-order valence-corrected chi connectivity index (χ1v) is 11.8. The molecule has 14 nitrogen and oxygen atoms in total. The van der Waals surface area contributed by atoms with Gasteiger partial charge in [0, 0.05) is 37.2 Å². The molecule has 0 bridgehead atoms. The molecule has 1 saturated heterocycles. The predicted molar refractivity (Wildman–Crippen MR) is 130 cm³/mol. The van der Waals surface area contributed by atoms with Crippen LogP contribution in [-0.4, -0.2) is 92.6 Å². The van der Waals surface area contributed by atoms with Crippen LogP contribution in [0.1, 0.15) is 31.4 Å². The molecule has 2 heterocycles. The molecule has 1 fully saturated rings. The van der Waals surface area contributed by atoms with Gasteiger partial charge in [-0.15, -0.1) is 0 Å². The number of guanidine groups is 1. The summed E-state index contributed by atoms with van der Waals surface area (Å²) in [4.78, 5) is 62.0. The Morgan fingerprint density at radius 3 is 2.63 bits per heavy atom. The number of aliphatic carboxylic acids is 1. The first kappa shape index (κ1) is 27.9. The lowest BCUT2D eigenvalue weighted by atomic mass is 10.1. The van der Waals surface area contributed by atoms with E-state index in [4.69, 9.17) is 17.2 Å². The number of nitrogens with two attached hydrogens (primary N) is 3. The first-order valence-electron chi connectivity index (χ1n) is 11.2. The van der Waals surface area contributed by atoms with E-state index >= 15 is 0 Å². The smallest absolute Gasteiger partial charge is 0.326 e. The first-order chi connectivity index (χ1) is 16.6. The summed E-state index contributed by atoms with van der Waals surface area (Å²) >= 11 is 4.12. The Kier molecular flexibility index (Phi) is 10.8. The van der Waals surface area contributed by atoms with Crippen molar-refractivity contribution in [2.24, 2.45) is 22.2 Å². The molecule has 0 spiro atoms. The zero-order chi connectivity index (χ0) is 26.0. The lowest BCUT2D eigenvalue weighted by Crippen LogP contribution is -2.57. The number of carboxylic acid groups (broad SMARTS) is 1. The lowest BCUT2D eigenvalue weighted by Gasteiger charge is -2.28. The number of amides is 3. The summed E-state index contributed by atoms with van der Waals surface area (Å²) in [5.41, 5.74) is 17.2. The van der Waals surface area contributed by atoms with Gasteiger partial charge >= 0.3 is 5.97 Å². The van der Waals surface area contributed by atoms with Crippen molar-refractivity contribution in [2.45, 2.75) is 56.3 Å². The number of hydrogen-bond acceptors (Lipinski definition) is 8. The summed E-state index contributed by atoms with van der Waals surface area (Å²) in [5, 5.41) is 14.4. The Morgan fingerprint density at radius 1 is 1.29 bits per heavy atom.